The third kappa shape index (κ3) is 4.65. The first kappa shape index (κ1) is 21.0. The van der Waals surface area contributed by atoms with E-state index >= 15 is 0 Å². The smallest absolute Gasteiger partial charge is 0.204 e. The van der Waals surface area contributed by atoms with Crippen LogP contribution in [0.15, 0.2) is 102 Å². The highest BCUT2D eigenvalue weighted by Crippen LogP contribution is 2.35. The van der Waals surface area contributed by atoms with Crippen LogP contribution in [-0.2, 0) is 0 Å². The van der Waals surface area contributed by atoms with E-state index in [2.05, 4.69) is 12.1 Å². The maximum Gasteiger partial charge on any atom is 0.204 e. The van der Waals surface area contributed by atoms with Crippen LogP contribution in [0.1, 0.15) is 27.9 Å². The van der Waals surface area contributed by atoms with Crippen molar-refractivity contribution in [3.05, 3.63) is 119 Å². The first-order chi connectivity index (χ1) is 15.2. The van der Waals surface area contributed by atoms with Crippen LogP contribution in [0.4, 0.5) is 0 Å². The van der Waals surface area contributed by atoms with Crippen molar-refractivity contribution in [3.8, 4) is 18.2 Å². The summed E-state index contributed by atoms with van der Waals surface area (Å²) in [6.07, 6.45) is -0.0402. The quantitative estimate of drug-likeness (QED) is 0.229. The molecule has 4 heteroatoms. The van der Waals surface area contributed by atoms with Crippen molar-refractivity contribution in [1.82, 2.24) is 0 Å². The van der Waals surface area contributed by atoms with Crippen LogP contribution >= 0.6 is 0 Å². The minimum atomic E-state index is -0.473. The number of allylic oxidation sites excluding steroid dienone is 4. The summed E-state index contributed by atoms with van der Waals surface area (Å²) in [5, 5.41) is 29.6. The molecule has 146 valence electrons. The molecule has 0 aliphatic carbocycles. The fraction of sp³-hybridized carbons (Fsp3) is 0.0370. The Morgan fingerprint density at radius 1 is 0.613 bits per heavy atom. The third-order valence-electron chi connectivity index (χ3n) is 4.73. The molecule has 0 saturated carbocycles. The highest BCUT2D eigenvalue weighted by Gasteiger charge is 2.24. The van der Waals surface area contributed by atoms with Gasteiger partial charge in [0.05, 0.1) is 18.1 Å². The molecule has 0 heterocycles. The first-order valence-corrected chi connectivity index (χ1v) is 9.56. The summed E-state index contributed by atoms with van der Waals surface area (Å²) in [5.74, 6) is -0.473. The number of hydrogen-bond acceptors (Lipinski definition) is 4. The second-order valence-corrected chi connectivity index (χ2v) is 6.59. The minimum absolute atomic E-state index is 0.0402. The van der Waals surface area contributed by atoms with Crippen LogP contribution in [0.25, 0.3) is 11.1 Å². The number of hydrogen-bond donors (Lipinski definition) is 0. The largest absolute Gasteiger partial charge is 0.288 e. The van der Waals surface area contributed by atoms with E-state index in [0.717, 1.165) is 0 Å². The number of nitrogens with zero attached hydrogens (tertiary/aromatic N) is 3. The topological polar surface area (TPSA) is 88.4 Å². The molecule has 0 aliphatic heterocycles. The Bertz CT molecular complexity index is 1270. The van der Waals surface area contributed by atoms with Gasteiger partial charge in [0, 0.05) is 11.1 Å². The molecule has 4 nitrogen and oxygen atoms in total. The number of benzene rings is 3. The van der Waals surface area contributed by atoms with Gasteiger partial charge in [-0.3, -0.25) is 4.79 Å². The lowest BCUT2D eigenvalue weighted by atomic mass is 9.85. The average Bonchev–Trinajstić information content (AvgIpc) is 2.84. The van der Waals surface area contributed by atoms with Gasteiger partial charge in [-0.05, 0) is 16.7 Å². The zero-order chi connectivity index (χ0) is 22.1. The Kier molecular flexibility index (Phi) is 6.89. The Morgan fingerprint density at radius 3 is 1.52 bits per heavy atom. The lowest BCUT2D eigenvalue weighted by Crippen LogP contribution is -2.07. The predicted octanol–water partition coefficient (Wildman–Crippen LogP) is 5.74. The molecule has 0 radical (unpaired) electrons. The zero-order valence-corrected chi connectivity index (χ0v) is 16.6. The standard InChI is InChI=1S/C27H17N3O/c28-17-16-23(20-10-4-1-5-11-20)24(18-29)26(21-12-6-2-7-13-21)25(19-30)27(31)22-14-8-3-9-15-22/h1-15H,16H2/b24-23-,26-25+. The molecule has 0 aliphatic rings. The maximum atomic E-state index is 13.3. The van der Waals surface area contributed by atoms with Crippen LogP contribution < -0.4 is 0 Å². The third-order valence-corrected chi connectivity index (χ3v) is 4.73. The van der Waals surface area contributed by atoms with E-state index in [9.17, 15) is 20.6 Å². The number of carbonyl (C=O) groups excluding carboxylic acids is 1. The molecule has 0 fully saturated rings. The normalized spacial score (nSPS) is 11.8. The van der Waals surface area contributed by atoms with Crippen molar-refractivity contribution >= 4 is 16.9 Å². The van der Waals surface area contributed by atoms with E-state index in [1.165, 1.54) is 0 Å². The van der Waals surface area contributed by atoms with Gasteiger partial charge in [-0.15, -0.1) is 0 Å². The van der Waals surface area contributed by atoms with Crippen LogP contribution in [0.5, 0.6) is 0 Å². The molecular weight excluding hydrogens is 382 g/mol. The molecule has 3 rings (SSSR count). The Balaban J connectivity index is 2.40. The molecule has 0 saturated heterocycles. The maximum absolute atomic E-state index is 13.3. The van der Waals surface area contributed by atoms with Gasteiger partial charge in [0.25, 0.3) is 0 Å². The van der Waals surface area contributed by atoms with Crippen molar-refractivity contribution in [1.29, 1.82) is 15.8 Å². The Morgan fingerprint density at radius 2 is 1.06 bits per heavy atom. The van der Waals surface area contributed by atoms with Crippen LogP contribution in [0, 0.1) is 34.0 Å². The fourth-order valence-corrected chi connectivity index (χ4v) is 3.30. The summed E-state index contributed by atoms with van der Waals surface area (Å²) in [5.41, 5.74) is 2.31. The van der Waals surface area contributed by atoms with Crippen molar-refractivity contribution in [2.75, 3.05) is 0 Å². The van der Waals surface area contributed by atoms with Crippen molar-refractivity contribution in [2.24, 2.45) is 0 Å². The molecule has 3 aromatic carbocycles. The lowest BCUT2D eigenvalue weighted by molar-refractivity contribution is 0.103. The van der Waals surface area contributed by atoms with Crippen LogP contribution in [0.2, 0.25) is 0 Å². The Labute approximate surface area is 181 Å². The number of carbonyl (C=O) groups is 1. The summed E-state index contributed by atoms with van der Waals surface area (Å²) in [7, 11) is 0. The van der Waals surface area contributed by atoms with Gasteiger partial charge in [-0.2, -0.15) is 15.8 Å². The Hall–Kier alpha value is -4.72. The van der Waals surface area contributed by atoms with Gasteiger partial charge in [0.2, 0.25) is 5.78 Å². The molecule has 0 atom stereocenters. The molecule has 0 spiro atoms. The van der Waals surface area contributed by atoms with Gasteiger partial charge >= 0.3 is 0 Å². The summed E-state index contributed by atoms with van der Waals surface area (Å²) in [4.78, 5) is 13.3. The zero-order valence-electron chi connectivity index (χ0n) is 16.6. The van der Waals surface area contributed by atoms with Gasteiger partial charge < -0.3 is 0 Å². The monoisotopic (exact) mass is 399 g/mol. The number of Topliss-reactive ketones (excluding diaryl/α,β-unsaturated/α-hetero) is 1. The van der Waals surface area contributed by atoms with Gasteiger partial charge in [0.1, 0.15) is 17.7 Å². The SMILES string of the molecule is N#CC/C(=C(C#N)/C(=C(\C#N)C(=O)c1ccccc1)c1ccccc1)c1ccccc1. The van der Waals surface area contributed by atoms with E-state index in [0.29, 0.717) is 22.3 Å². The highest BCUT2D eigenvalue weighted by molar-refractivity contribution is 6.18. The van der Waals surface area contributed by atoms with Gasteiger partial charge in [-0.1, -0.05) is 91.0 Å². The second kappa shape index (κ2) is 10.2. The second-order valence-electron chi connectivity index (χ2n) is 6.59. The summed E-state index contributed by atoms with van der Waals surface area (Å²) >= 11 is 0. The summed E-state index contributed by atoms with van der Waals surface area (Å²) in [6.45, 7) is 0. The van der Waals surface area contributed by atoms with E-state index < -0.39 is 5.78 Å². The van der Waals surface area contributed by atoms with E-state index in [1.807, 2.05) is 30.3 Å². The molecule has 0 unspecified atom stereocenters. The molecule has 0 N–H and O–H groups in total. The van der Waals surface area contributed by atoms with Crippen molar-refractivity contribution in [2.45, 2.75) is 6.42 Å². The molecule has 3 aromatic rings. The molecule has 31 heavy (non-hydrogen) atoms. The van der Waals surface area contributed by atoms with Gasteiger partial charge in [0.15, 0.2) is 0 Å². The van der Waals surface area contributed by atoms with Crippen molar-refractivity contribution < 1.29 is 4.79 Å². The number of ketones is 1. The number of rotatable bonds is 6. The van der Waals surface area contributed by atoms with Gasteiger partial charge in [-0.25, -0.2) is 0 Å². The van der Waals surface area contributed by atoms with Crippen LogP contribution in [0.3, 0.4) is 0 Å². The van der Waals surface area contributed by atoms with Crippen molar-refractivity contribution in [3.63, 3.8) is 0 Å². The predicted molar refractivity (Wildman–Crippen MR) is 119 cm³/mol. The molecule has 0 amide bonds. The summed E-state index contributed by atoms with van der Waals surface area (Å²) in [6, 6.07) is 32.7. The number of nitriles is 3. The van der Waals surface area contributed by atoms with Crippen LogP contribution in [-0.4, -0.2) is 5.78 Å². The minimum Gasteiger partial charge on any atom is -0.288 e. The van der Waals surface area contributed by atoms with E-state index in [1.54, 1.807) is 66.7 Å². The van der Waals surface area contributed by atoms with E-state index in [-0.39, 0.29) is 23.1 Å². The lowest BCUT2D eigenvalue weighted by Gasteiger charge is -2.14. The van der Waals surface area contributed by atoms with E-state index in [4.69, 9.17) is 0 Å². The molecule has 0 bridgehead atoms. The highest BCUT2D eigenvalue weighted by atomic mass is 16.1. The fourth-order valence-electron chi connectivity index (χ4n) is 3.30. The average molecular weight is 399 g/mol. The first-order valence-electron chi connectivity index (χ1n) is 9.56. The molecule has 0 aromatic heterocycles. The molecular formula is C27H17N3O. The summed E-state index contributed by atoms with van der Waals surface area (Å²) < 4.78 is 0.